The largest absolute Gasteiger partial charge is 0.494 e. The molecule has 0 bridgehead atoms. The SMILES string of the molecule is COc1cc(C(F)F)c(CCl)nc1Br. The molecule has 0 N–H and O–H groups in total. The fourth-order valence-corrected chi connectivity index (χ4v) is 1.67. The lowest BCUT2D eigenvalue weighted by molar-refractivity contribution is 0.149. The van der Waals surface area contributed by atoms with Crippen LogP contribution in [0.3, 0.4) is 0 Å². The first-order valence-electron chi connectivity index (χ1n) is 3.67. The molecule has 0 aromatic carbocycles. The van der Waals surface area contributed by atoms with Gasteiger partial charge in [-0.15, -0.1) is 11.6 Å². The van der Waals surface area contributed by atoms with E-state index in [4.69, 9.17) is 16.3 Å². The Bertz CT molecular complexity index is 335. The fourth-order valence-electron chi connectivity index (χ4n) is 0.961. The lowest BCUT2D eigenvalue weighted by atomic mass is 10.2. The molecule has 0 saturated carbocycles. The van der Waals surface area contributed by atoms with Crippen molar-refractivity contribution in [3.8, 4) is 5.75 Å². The zero-order chi connectivity index (χ0) is 10.7. The molecule has 0 amide bonds. The Hall–Kier alpha value is -0.420. The van der Waals surface area contributed by atoms with E-state index >= 15 is 0 Å². The molecule has 14 heavy (non-hydrogen) atoms. The van der Waals surface area contributed by atoms with Crippen LogP contribution in [-0.2, 0) is 5.88 Å². The Balaban J connectivity index is 3.25. The van der Waals surface area contributed by atoms with Crippen LogP contribution >= 0.6 is 27.5 Å². The van der Waals surface area contributed by atoms with Gasteiger partial charge in [-0.2, -0.15) is 0 Å². The molecule has 0 atom stereocenters. The molecular weight excluding hydrogens is 279 g/mol. The second-order valence-electron chi connectivity index (χ2n) is 2.45. The number of hydrogen-bond acceptors (Lipinski definition) is 2. The molecule has 0 saturated heterocycles. The van der Waals surface area contributed by atoms with Crippen molar-refractivity contribution in [2.45, 2.75) is 12.3 Å². The molecule has 1 aromatic rings. The lowest BCUT2D eigenvalue weighted by Crippen LogP contribution is -1.99. The third-order valence-electron chi connectivity index (χ3n) is 1.64. The normalized spacial score (nSPS) is 10.7. The van der Waals surface area contributed by atoms with Crippen LogP contribution in [0.4, 0.5) is 8.78 Å². The summed E-state index contributed by atoms with van der Waals surface area (Å²) in [5.74, 6) is 0.219. The first-order chi connectivity index (χ1) is 6.60. The molecule has 0 fully saturated rings. The molecule has 2 nitrogen and oxygen atoms in total. The van der Waals surface area contributed by atoms with E-state index in [0.29, 0.717) is 4.60 Å². The van der Waals surface area contributed by atoms with Crippen LogP contribution in [0, 0.1) is 0 Å². The zero-order valence-corrected chi connectivity index (χ0v) is 9.57. The molecule has 0 aliphatic heterocycles. The first-order valence-corrected chi connectivity index (χ1v) is 5.00. The molecule has 0 aliphatic rings. The van der Waals surface area contributed by atoms with Gasteiger partial charge in [0.25, 0.3) is 6.43 Å². The number of ether oxygens (including phenoxy) is 1. The second-order valence-corrected chi connectivity index (χ2v) is 3.47. The van der Waals surface area contributed by atoms with Crippen LogP contribution in [-0.4, -0.2) is 12.1 Å². The molecule has 0 radical (unpaired) electrons. The van der Waals surface area contributed by atoms with Gasteiger partial charge in [0.05, 0.1) is 18.7 Å². The third-order valence-corrected chi connectivity index (χ3v) is 2.46. The zero-order valence-electron chi connectivity index (χ0n) is 7.23. The predicted octanol–water partition coefficient (Wildman–Crippen LogP) is 3.53. The average molecular weight is 287 g/mol. The van der Waals surface area contributed by atoms with E-state index in [0.717, 1.165) is 0 Å². The Labute approximate surface area is 93.4 Å². The Morgan fingerprint density at radius 3 is 2.71 bits per heavy atom. The minimum atomic E-state index is -2.60. The Kier molecular flexibility index (Phi) is 4.07. The number of rotatable bonds is 3. The molecule has 1 heterocycles. The summed E-state index contributed by atoms with van der Waals surface area (Å²) in [4.78, 5) is 3.86. The van der Waals surface area contributed by atoms with E-state index in [1.807, 2.05) is 0 Å². The number of methoxy groups -OCH3 is 1. The van der Waals surface area contributed by atoms with Gasteiger partial charge in [0.1, 0.15) is 4.60 Å². The summed E-state index contributed by atoms with van der Waals surface area (Å²) in [7, 11) is 1.39. The van der Waals surface area contributed by atoms with E-state index in [1.54, 1.807) is 0 Å². The minimum absolute atomic E-state index is 0.0533. The van der Waals surface area contributed by atoms with Crippen molar-refractivity contribution in [1.82, 2.24) is 4.98 Å². The highest BCUT2D eigenvalue weighted by atomic mass is 79.9. The van der Waals surface area contributed by atoms with E-state index in [9.17, 15) is 8.78 Å². The maximum atomic E-state index is 12.5. The number of aromatic nitrogens is 1. The Morgan fingerprint density at radius 2 is 2.29 bits per heavy atom. The average Bonchev–Trinajstić information content (AvgIpc) is 2.16. The summed E-state index contributed by atoms with van der Waals surface area (Å²) in [5.41, 5.74) is -0.0330. The van der Waals surface area contributed by atoms with Gasteiger partial charge in [-0.1, -0.05) is 0 Å². The van der Waals surface area contributed by atoms with Crippen LogP contribution in [0.25, 0.3) is 0 Å². The van der Waals surface area contributed by atoms with Gasteiger partial charge in [-0.25, -0.2) is 13.8 Å². The molecule has 78 valence electrons. The van der Waals surface area contributed by atoms with Crippen molar-refractivity contribution >= 4 is 27.5 Å². The highest BCUT2D eigenvalue weighted by Crippen LogP contribution is 2.31. The molecule has 0 unspecified atom stereocenters. The topological polar surface area (TPSA) is 22.1 Å². The van der Waals surface area contributed by atoms with Crippen LogP contribution in [0.2, 0.25) is 0 Å². The molecule has 1 rings (SSSR count). The van der Waals surface area contributed by atoms with Crippen molar-refractivity contribution in [3.63, 3.8) is 0 Å². The van der Waals surface area contributed by atoms with Crippen molar-refractivity contribution in [3.05, 3.63) is 21.9 Å². The number of halogens is 4. The van der Waals surface area contributed by atoms with Crippen molar-refractivity contribution in [1.29, 1.82) is 0 Å². The van der Waals surface area contributed by atoms with Gasteiger partial charge >= 0.3 is 0 Å². The maximum absolute atomic E-state index is 12.5. The van der Waals surface area contributed by atoms with Crippen LogP contribution in [0.15, 0.2) is 10.7 Å². The maximum Gasteiger partial charge on any atom is 0.265 e. The molecule has 6 heteroatoms. The summed E-state index contributed by atoms with van der Waals surface area (Å²) < 4.78 is 30.2. The van der Waals surface area contributed by atoms with Gasteiger partial charge in [0.15, 0.2) is 5.75 Å². The van der Waals surface area contributed by atoms with Crippen LogP contribution in [0.1, 0.15) is 17.7 Å². The van der Waals surface area contributed by atoms with Crippen LogP contribution in [0.5, 0.6) is 5.75 Å². The van der Waals surface area contributed by atoms with Crippen molar-refractivity contribution in [2.24, 2.45) is 0 Å². The minimum Gasteiger partial charge on any atom is -0.494 e. The number of nitrogens with zero attached hydrogens (tertiary/aromatic N) is 1. The molecule has 0 spiro atoms. The second kappa shape index (κ2) is 4.89. The molecule has 0 aliphatic carbocycles. The predicted molar refractivity (Wildman–Crippen MR) is 53.0 cm³/mol. The monoisotopic (exact) mass is 285 g/mol. The van der Waals surface area contributed by atoms with E-state index in [1.165, 1.54) is 13.2 Å². The highest BCUT2D eigenvalue weighted by molar-refractivity contribution is 9.10. The standard InChI is InChI=1S/C8H7BrClF2NO/c1-14-6-2-4(8(11)12)5(3-10)13-7(6)9/h2,8H,3H2,1H3. The lowest BCUT2D eigenvalue weighted by Gasteiger charge is -2.09. The summed E-state index contributed by atoms with van der Waals surface area (Å²) in [6, 6.07) is 1.24. The molecular formula is C8H7BrClF2NO. The first kappa shape index (κ1) is 11.7. The van der Waals surface area contributed by atoms with Gasteiger partial charge in [-0.3, -0.25) is 0 Å². The van der Waals surface area contributed by atoms with Gasteiger partial charge in [0, 0.05) is 5.56 Å². The van der Waals surface area contributed by atoms with Crippen LogP contribution < -0.4 is 4.74 Å². The van der Waals surface area contributed by atoms with Gasteiger partial charge in [-0.05, 0) is 22.0 Å². The van der Waals surface area contributed by atoms with E-state index < -0.39 is 6.43 Å². The summed E-state index contributed by atoms with van der Waals surface area (Å²) >= 11 is 8.58. The number of pyridine rings is 1. The molecule has 1 aromatic heterocycles. The fraction of sp³-hybridized carbons (Fsp3) is 0.375. The van der Waals surface area contributed by atoms with Gasteiger partial charge in [0.2, 0.25) is 0 Å². The number of alkyl halides is 3. The Morgan fingerprint density at radius 1 is 1.64 bits per heavy atom. The highest BCUT2D eigenvalue weighted by Gasteiger charge is 2.17. The van der Waals surface area contributed by atoms with Gasteiger partial charge < -0.3 is 4.74 Å². The summed E-state index contributed by atoms with van der Waals surface area (Å²) in [5, 5.41) is 0. The smallest absolute Gasteiger partial charge is 0.265 e. The third kappa shape index (κ3) is 2.33. The van der Waals surface area contributed by atoms with Crippen molar-refractivity contribution in [2.75, 3.05) is 7.11 Å². The number of hydrogen-bond donors (Lipinski definition) is 0. The quantitative estimate of drug-likeness (QED) is 0.626. The van der Waals surface area contributed by atoms with Crippen molar-refractivity contribution < 1.29 is 13.5 Å². The summed E-state index contributed by atoms with van der Waals surface area (Å²) in [6.07, 6.45) is -2.60. The van der Waals surface area contributed by atoms with E-state index in [2.05, 4.69) is 20.9 Å². The van der Waals surface area contributed by atoms with E-state index in [-0.39, 0.29) is 22.9 Å². The summed E-state index contributed by atoms with van der Waals surface area (Å²) in [6.45, 7) is 0.